The molecule has 2 aliphatic heterocycles. The molecular formula is C67H76N6O6. The highest BCUT2D eigenvalue weighted by molar-refractivity contribution is 6.03. The Morgan fingerprint density at radius 2 is 0.949 bits per heavy atom. The van der Waals surface area contributed by atoms with E-state index in [1.165, 1.54) is 0 Å². The molecule has 0 spiro atoms. The van der Waals surface area contributed by atoms with Crippen LogP contribution in [-0.2, 0) is 22.7 Å². The lowest BCUT2D eigenvalue weighted by atomic mass is 9.91. The van der Waals surface area contributed by atoms with Crippen molar-refractivity contribution in [2.24, 2.45) is 10.8 Å². The van der Waals surface area contributed by atoms with E-state index in [0.717, 1.165) is 115 Å². The maximum Gasteiger partial charge on any atom is 0.229 e. The number of carbonyl (C=O) groups is 2. The molecule has 2 amide bonds. The van der Waals surface area contributed by atoms with Gasteiger partial charge in [0.05, 0.1) is 27.3 Å². The molecule has 0 unspecified atom stereocenters. The molecular weight excluding hydrogens is 985 g/mol. The first-order valence-electron chi connectivity index (χ1n) is 27.4. The standard InChI is InChI=1S/C34H39N3O3.C33H37N3O3/c1-23-17-26(11-14-31(23)39-6)25-9-7-24(8-10-25)20-37(32(38)19-34(2,3)4)33-30-13-12-28(18-27(30)15-16-35-33)40-29-21-36(5)22-29;1-22-16-25(10-13-30(22)38-5)24-8-6-23(7-9-24)21-36(31(37)18-33(2,3)4)32-29-12-11-27(39-28-19-34-20-28)17-26(29)14-15-35-32/h7-18,29H,19-22H2,1-6H3;6-17,28,34H,18-21H2,1-5H3. The zero-order chi connectivity index (χ0) is 56.0. The lowest BCUT2D eigenvalue weighted by molar-refractivity contribution is -0.121. The van der Waals surface area contributed by atoms with Crippen LogP contribution in [0.25, 0.3) is 43.8 Å². The molecule has 0 bridgehead atoms. The van der Waals surface area contributed by atoms with Crippen LogP contribution in [0.3, 0.4) is 0 Å². The van der Waals surface area contributed by atoms with Crippen molar-refractivity contribution in [3.8, 4) is 45.3 Å². The second-order valence-corrected chi connectivity index (χ2v) is 23.6. The highest BCUT2D eigenvalue weighted by Crippen LogP contribution is 2.35. The third kappa shape index (κ3) is 14.1. The topological polar surface area (TPSA) is 119 Å². The van der Waals surface area contributed by atoms with Crippen molar-refractivity contribution in [1.82, 2.24) is 20.2 Å². The summed E-state index contributed by atoms with van der Waals surface area (Å²) in [5, 5.41) is 7.12. The van der Waals surface area contributed by atoms with E-state index in [4.69, 9.17) is 28.9 Å². The van der Waals surface area contributed by atoms with Crippen molar-refractivity contribution < 1.29 is 28.5 Å². The summed E-state index contributed by atoms with van der Waals surface area (Å²) in [6, 6.07) is 45.3. The molecule has 410 valence electrons. The van der Waals surface area contributed by atoms with Crippen molar-refractivity contribution in [3.05, 3.63) is 168 Å². The summed E-state index contributed by atoms with van der Waals surface area (Å²) in [7, 11) is 5.47. The number of carbonyl (C=O) groups excluding carboxylic acids is 2. The molecule has 2 aliphatic rings. The van der Waals surface area contributed by atoms with Gasteiger partial charge in [0, 0.05) is 62.2 Å². The van der Waals surface area contributed by atoms with Gasteiger partial charge in [-0.05, 0) is 160 Å². The number of fused-ring (bicyclic) bond motifs is 2. The van der Waals surface area contributed by atoms with E-state index in [1.54, 1.807) is 26.6 Å². The zero-order valence-corrected chi connectivity index (χ0v) is 47.9. The second-order valence-electron chi connectivity index (χ2n) is 23.6. The predicted octanol–water partition coefficient (Wildman–Crippen LogP) is 13.4. The van der Waals surface area contributed by atoms with Gasteiger partial charge in [-0.2, -0.15) is 0 Å². The van der Waals surface area contributed by atoms with Gasteiger partial charge >= 0.3 is 0 Å². The van der Waals surface area contributed by atoms with Crippen LogP contribution in [0, 0.1) is 24.7 Å². The van der Waals surface area contributed by atoms with E-state index in [1.807, 2.05) is 78.2 Å². The fourth-order valence-corrected chi connectivity index (χ4v) is 10.1. The highest BCUT2D eigenvalue weighted by Gasteiger charge is 2.28. The number of aryl methyl sites for hydroxylation is 2. The van der Waals surface area contributed by atoms with Crippen LogP contribution < -0.4 is 34.1 Å². The third-order valence-corrected chi connectivity index (χ3v) is 14.3. The number of rotatable bonds is 16. The van der Waals surface area contributed by atoms with Gasteiger partial charge in [0.2, 0.25) is 11.8 Å². The van der Waals surface area contributed by atoms with E-state index >= 15 is 0 Å². The van der Waals surface area contributed by atoms with Gasteiger partial charge in [0.25, 0.3) is 0 Å². The number of methoxy groups -OCH3 is 2. The third-order valence-electron chi connectivity index (χ3n) is 14.3. The van der Waals surface area contributed by atoms with E-state index in [2.05, 4.69) is 138 Å². The highest BCUT2D eigenvalue weighted by atomic mass is 16.5. The lowest BCUT2D eigenvalue weighted by Crippen LogP contribution is -2.51. The van der Waals surface area contributed by atoms with Crippen LogP contribution in [0.15, 0.2) is 146 Å². The van der Waals surface area contributed by atoms with Crippen LogP contribution in [0.5, 0.6) is 23.0 Å². The number of ether oxygens (including phenoxy) is 4. The lowest BCUT2D eigenvalue weighted by Gasteiger charge is -2.36. The quantitative estimate of drug-likeness (QED) is 0.100. The predicted molar refractivity (Wildman–Crippen MR) is 320 cm³/mol. The number of nitrogens with zero attached hydrogens (tertiary/aromatic N) is 5. The summed E-state index contributed by atoms with van der Waals surface area (Å²) < 4.78 is 23.0. The van der Waals surface area contributed by atoms with E-state index < -0.39 is 0 Å². The van der Waals surface area contributed by atoms with Crippen LogP contribution in [0.2, 0.25) is 0 Å². The molecule has 79 heavy (non-hydrogen) atoms. The average Bonchev–Trinajstić information content (AvgIpc) is 3.49. The second kappa shape index (κ2) is 24.1. The first kappa shape index (κ1) is 55.9. The molecule has 0 saturated carbocycles. The molecule has 10 rings (SSSR count). The van der Waals surface area contributed by atoms with Crippen LogP contribution >= 0.6 is 0 Å². The maximum atomic E-state index is 13.7. The van der Waals surface area contributed by atoms with Gasteiger partial charge < -0.3 is 24.3 Å². The van der Waals surface area contributed by atoms with Gasteiger partial charge in [-0.25, -0.2) is 9.97 Å². The molecule has 0 atom stereocenters. The number of hydrogen-bond donors (Lipinski definition) is 1. The first-order chi connectivity index (χ1) is 37.8. The number of benzene rings is 6. The number of nitrogens with one attached hydrogen (secondary N) is 1. The number of likely N-dealkylation sites (N-methyl/N-ethyl adjacent to an activating group) is 1. The summed E-state index contributed by atoms with van der Waals surface area (Å²) in [6.07, 6.45) is 4.83. The molecule has 0 radical (unpaired) electrons. The SMILES string of the molecule is COc1ccc(-c2ccc(CN(C(=O)CC(C)(C)C)c3nccc4cc(OC5CN(C)C5)ccc34)cc2)cc1C.COc1ccc(-c2ccc(CN(C(=O)CC(C)(C)C)c3nccc4cc(OC5CNC5)ccc34)cc2)cc1C. The summed E-state index contributed by atoms with van der Waals surface area (Å²) in [5.41, 5.74) is 8.49. The average molecular weight is 1060 g/mol. The molecule has 12 heteroatoms. The minimum Gasteiger partial charge on any atom is -0.496 e. The molecule has 2 aromatic heterocycles. The Morgan fingerprint density at radius 3 is 1.30 bits per heavy atom. The summed E-state index contributed by atoms with van der Waals surface area (Å²) in [5.74, 6) is 4.90. The normalized spacial score (nSPS) is 13.9. The van der Waals surface area contributed by atoms with Gasteiger partial charge in [-0.3, -0.25) is 24.3 Å². The number of hydrogen-bond acceptors (Lipinski definition) is 10. The Hall–Kier alpha value is -7.80. The number of aromatic nitrogens is 2. The first-order valence-corrected chi connectivity index (χ1v) is 27.4. The molecule has 8 aromatic rings. The van der Waals surface area contributed by atoms with Gasteiger partial charge in [-0.1, -0.05) is 102 Å². The summed E-state index contributed by atoms with van der Waals surface area (Å²) in [4.78, 5) is 42.7. The minimum atomic E-state index is -0.146. The van der Waals surface area contributed by atoms with Crippen molar-refractivity contribution >= 4 is 45.0 Å². The van der Waals surface area contributed by atoms with Crippen molar-refractivity contribution in [1.29, 1.82) is 0 Å². The molecule has 12 nitrogen and oxygen atoms in total. The molecule has 6 aromatic carbocycles. The molecule has 2 fully saturated rings. The van der Waals surface area contributed by atoms with E-state index in [0.29, 0.717) is 37.6 Å². The van der Waals surface area contributed by atoms with Gasteiger partial charge in [0.15, 0.2) is 0 Å². The molecule has 4 heterocycles. The van der Waals surface area contributed by atoms with E-state index in [9.17, 15) is 9.59 Å². The monoisotopic (exact) mass is 1060 g/mol. The minimum absolute atomic E-state index is 0.0539. The van der Waals surface area contributed by atoms with Crippen molar-refractivity contribution in [2.75, 3.05) is 57.2 Å². The smallest absolute Gasteiger partial charge is 0.229 e. The Morgan fingerprint density at radius 1 is 0.544 bits per heavy atom. The molecule has 0 aliphatic carbocycles. The molecule has 2 saturated heterocycles. The largest absolute Gasteiger partial charge is 0.496 e. The summed E-state index contributed by atoms with van der Waals surface area (Å²) in [6.45, 7) is 21.1. The summed E-state index contributed by atoms with van der Waals surface area (Å²) >= 11 is 0. The van der Waals surface area contributed by atoms with Crippen molar-refractivity contribution in [2.45, 2.75) is 93.5 Å². The molecule has 1 N–H and O–H groups in total. The van der Waals surface area contributed by atoms with Crippen LogP contribution in [0.4, 0.5) is 11.6 Å². The fourth-order valence-electron chi connectivity index (χ4n) is 10.1. The van der Waals surface area contributed by atoms with E-state index in [-0.39, 0.29) is 34.9 Å². The Bertz CT molecular complexity index is 3430. The Balaban J connectivity index is 0.000000192. The Kier molecular flexibility index (Phi) is 17.0. The Labute approximate surface area is 466 Å². The van der Waals surface area contributed by atoms with Crippen LogP contribution in [-0.4, -0.2) is 86.3 Å². The zero-order valence-electron chi connectivity index (χ0n) is 47.9. The van der Waals surface area contributed by atoms with Gasteiger partial charge in [0.1, 0.15) is 46.8 Å². The maximum absolute atomic E-state index is 13.7. The van der Waals surface area contributed by atoms with Gasteiger partial charge in [-0.15, -0.1) is 0 Å². The fraction of sp³-hybridized carbons (Fsp3) is 0.343. The van der Waals surface area contributed by atoms with Crippen molar-refractivity contribution in [3.63, 3.8) is 0 Å². The number of amides is 2. The number of anilines is 2. The number of likely N-dealkylation sites (tertiary alicyclic amines) is 1. The van der Waals surface area contributed by atoms with Crippen LogP contribution in [0.1, 0.15) is 76.6 Å². The number of pyridine rings is 2.